The third-order valence-corrected chi connectivity index (χ3v) is 2.12. The average Bonchev–Trinajstić information content (AvgIpc) is 2.27. The van der Waals surface area contributed by atoms with E-state index in [-0.39, 0.29) is 5.91 Å². The van der Waals surface area contributed by atoms with Crippen LogP contribution >= 0.6 is 0 Å². The number of nitrogens with one attached hydrogen (secondary N) is 2. The Balaban J connectivity index is 2.40. The number of hydrogen-bond acceptors (Lipinski definition) is 3. The van der Waals surface area contributed by atoms with E-state index in [0.717, 1.165) is 5.69 Å². The summed E-state index contributed by atoms with van der Waals surface area (Å²) in [5.41, 5.74) is 6.51. The quantitative estimate of drug-likeness (QED) is 0.693. The van der Waals surface area contributed by atoms with E-state index in [1.165, 1.54) is 0 Å². The van der Waals surface area contributed by atoms with Crippen LogP contribution in [0.4, 0.5) is 5.69 Å². The summed E-state index contributed by atoms with van der Waals surface area (Å²) in [4.78, 5) is 11.6. The van der Waals surface area contributed by atoms with Crippen molar-refractivity contribution in [2.24, 2.45) is 5.73 Å². The molecule has 1 aromatic carbocycles. The molecule has 0 fully saturated rings. The molecule has 0 saturated carbocycles. The van der Waals surface area contributed by atoms with Gasteiger partial charge in [-0.25, -0.2) is 0 Å². The van der Waals surface area contributed by atoms with Gasteiger partial charge in [0.15, 0.2) is 0 Å². The fourth-order valence-corrected chi connectivity index (χ4v) is 1.21. The fraction of sp³-hybridized carbons (Fsp3) is 0.417. The zero-order valence-corrected chi connectivity index (χ0v) is 9.73. The van der Waals surface area contributed by atoms with Crippen molar-refractivity contribution in [1.29, 1.82) is 0 Å². The third kappa shape index (κ3) is 4.42. The van der Waals surface area contributed by atoms with Gasteiger partial charge >= 0.3 is 0 Å². The minimum atomic E-state index is -0.525. The molecule has 1 aromatic rings. The van der Waals surface area contributed by atoms with Gasteiger partial charge in [-0.2, -0.15) is 0 Å². The Bertz CT molecular complexity index is 324. The van der Waals surface area contributed by atoms with Crippen molar-refractivity contribution in [3.63, 3.8) is 0 Å². The maximum absolute atomic E-state index is 11.6. The van der Waals surface area contributed by atoms with E-state index >= 15 is 0 Å². The summed E-state index contributed by atoms with van der Waals surface area (Å²) in [5.74, 6) is -0.167. The van der Waals surface area contributed by atoms with Gasteiger partial charge in [0.2, 0.25) is 5.91 Å². The molecular formula is C12H19N3O. The van der Waals surface area contributed by atoms with Crippen LogP contribution in [0.25, 0.3) is 0 Å². The number of anilines is 1. The molecule has 4 nitrogen and oxygen atoms in total. The lowest BCUT2D eigenvalue weighted by atomic mass is 10.2. The summed E-state index contributed by atoms with van der Waals surface area (Å²) >= 11 is 0. The molecular weight excluding hydrogens is 202 g/mol. The van der Waals surface area contributed by atoms with Crippen molar-refractivity contribution >= 4 is 11.6 Å². The van der Waals surface area contributed by atoms with Crippen LogP contribution in [0.3, 0.4) is 0 Å². The van der Waals surface area contributed by atoms with Gasteiger partial charge in [-0.05, 0) is 12.1 Å². The predicted octanol–water partition coefficient (Wildman–Crippen LogP) is 0.950. The Morgan fingerprint density at radius 1 is 1.31 bits per heavy atom. The second-order valence-electron chi connectivity index (χ2n) is 4.02. The first-order chi connectivity index (χ1) is 7.59. The van der Waals surface area contributed by atoms with Crippen LogP contribution < -0.4 is 16.4 Å². The third-order valence-electron chi connectivity index (χ3n) is 2.12. The summed E-state index contributed by atoms with van der Waals surface area (Å²) in [7, 11) is 0. The number of nitrogens with two attached hydrogens (primary N) is 1. The molecule has 0 bridgehead atoms. The number of rotatable bonds is 5. The van der Waals surface area contributed by atoms with E-state index in [9.17, 15) is 4.79 Å². The summed E-state index contributed by atoms with van der Waals surface area (Å²) < 4.78 is 0. The van der Waals surface area contributed by atoms with E-state index < -0.39 is 6.04 Å². The minimum absolute atomic E-state index is 0.167. The molecule has 4 N–H and O–H groups in total. The number of para-hydroxylation sites is 1. The highest BCUT2D eigenvalue weighted by atomic mass is 16.2. The topological polar surface area (TPSA) is 67.1 Å². The van der Waals surface area contributed by atoms with E-state index in [2.05, 4.69) is 10.6 Å². The summed E-state index contributed by atoms with van der Waals surface area (Å²) in [6.45, 7) is 4.51. The molecule has 1 atom stereocenters. The lowest BCUT2D eigenvalue weighted by Crippen LogP contribution is -2.45. The molecule has 16 heavy (non-hydrogen) atoms. The van der Waals surface area contributed by atoms with Gasteiger partial charge in [0.25, 0.3) is 0 Å². The second-order valence-corrected chi connectivity index (χ2v) is 4.02. The van der Waals surface area contributed by atoms with Crippen molar-refractivity contribution < 1.29 is 4.79 Å². The largest absolute Gasteiger partial charge is 0.325 e. The Hall–Kier alpha value is -1.39. The molecule has 0 aliphatic rings. The summed E-state index contributed by atoms with van der Waals surface area (Å²) in [5, 5.41) is 5.89. The van der Waals surface area contributed by atoms with Crippen molar-refractivity contribution in [1.82, 2.24) is 5.32 Å². The van der Waals surface area contributed by atoms with Gasteiger partial charge in [0, 0.05) is 18.3 Å². The molecule has 0 aromatic heterocycles. The average molecular weight is 221 g/mol. The normalized spacial score (nSPS) is 12.5. The van der Waals surface area contributed by atoms with Gasteiger partial charge in [0.1, 0.15) is 0 Å². The minimum Gasteiger partial charge on any atom is -0.325 e. The lowest BCUT2D eigenvalue weighted by molar-refractivity contribution is -0.117. The van der Waals surface area contributed by atoms with Crippen molar-refractivity contribution in [2.75, 3.05) is 11.9 Å². The maximum Gasteiger partial charge on any atom is 0.242 e. The van der Waals surface area contributed by atoms with Crippen LogP contribution in [-0.2, 0) is 4.79 Å². The van der Waals surface area contributed by atoms with Gasteiger partial charge in [-0.15, -0.1) is 0 Å². The van der Waals surface area contributed by atoms with Crippen LogP contribution in [0.15, 0.2) is 30.3 Å². The molecule has 0 aliphatic heterocycles. The number of carbonyl (C=O) groups excluding carboxylic acids is 1. The fourth-order valence-electron chi connectivity index (χ4n) is 1.21. The van der Waals surface area contributed by atoms with Crippen molar-refractivity contribution in [2.45, 2.75) is 25.9 Å². The molecule has 1 amide bonds. The molecule has 0 unspecified atom stereocenters. The molecule has 88 valence electrons. The van der Waals surface area contributed by atoms with Crippen molar-refractivity contribution in [3.8, 4) is 0 Å². The molecule has 1 rings (SSSR count). The summed E-state index contributed by atoms with van der Waals surface area (Å²) in [6, 6.07) is 9.11. The lowest BCUT2D eigenvalue weighted by Gasteiger charge is -2.14. The number of carbonyl (C=O) groups is 1. The Morgan fingerprint density at radius 2 is 1.94 bits per heavy atom. The van der Waals surface area contributed by atoms with Crippen LogP contribution in [0.5, 0.6) is 0 Å². The molecule has 0 aliphatic carbocycles. The molecule has 0 heterocycles. The molecule has 0 saturated heterocycles. The zero-order chi connectivity index (χ0) is 12.0. The monoisotopic (exact) mass is 221 g/mol. The Morgan fingerprint density at radius 3 is 2.50 bits per heavy atom. The number of benzene rings is 1. The molecule has 0 spiro atoms. The maximum atomic E-state index is 11.6. The predicted molar refractivity (Wildman–Crippen MR) is 66.2 cm³/mol. The van der Waals surface area contributed by atoms with Crippen LogP contribution in [0, 0.1) is 0 Å². The highest BCUT2D eigenvalue weighted by molar-refractivity contribution is 5.94. The highest BCUT2D eigenvalue weighted by Crippen LogP contribution is 2.04. The van der Waals surface area contributed by atoms with E-state index in [0.29, 0.717) is 12.6 Å². The van der Waals surface area contributed by atoms with Crippen LogP contribution in [0.2, 0.25) is 0 Å². The van der Waals surface area contributed by atoms with E-state index in [4.69, 9.17) is 5.73 Å². The SMILES string of the molecule is CC(C)NC[C@@H](N)C(=O)Nc1ccccc1. The number of hydrogen-bond donors (Lipinski definition) is 3. The van der Waals surface area contributed by atoms with Gasteiger partial charge < -0.3 is 16.4 Å². The number of amides is 1. The highest BCUT2D eigenvalue weighted by Gasteiger charge is 2.13. The van der Waals surface area contributed by atoms with E-state index in [1.807, 2.05) is 44.2 Å². The Kier molecular flexibility index (Phi) is 4.95. The van der Waals surface area contributed by atoms with Gasteiger partial charge in [0.05, 0.1) is 6.04 Å². The molecule has 4 heteroatoms. The van der Waals surface area contributed by atoms with E-state index in [1.54, 1.807) is 0 Å². The van der Waals surface area contributed by atoms with Crippen LogP contribution in [0.1, 0.15) is 13.8 Å². The summed E-state index contributed by atoms with van der Waals surface area (Å²) in [6.07, 6.45) is 0. The first-order valence-electron chi connectivity index (χ1n) is 5.44. The second kappa shape index (κ2) is 6.25. The smallest absolute Gasteiger partial charge is 0.242 e. The van der Waals surface area contributed by atoms with Crippen molar-refractivity contribution in [3.05, 3.63) is 30.3 Å². The van der Waals surface area contributed by atoms with Gasteiger partial charge in [-0.3, -0.25) is 4.79 Å². The first-order valence-corrected chi connectivity index (χ1v) is 5.44. The molecule has 0 radical (unpaired) electrons. The standard InChI is InChI=1S/C12H19N3O/c1-9(2)14-8-11(13)12(16)15-10-6-4-3-5-7-10/h3-7,9,11,14H,8,13H2,1-2H3,(H,15,16)/t11-/m1/s1. The first kappa shape index (κ1) is 12.7. The van der Waals surface area contributed by atoms with Gasteiger partial charge in [-0.1, -0.05) is 32.0 Å². The Labute approximate surface area is 96.2 Å². The van der Waals surface area contributed by atoms with Crippen LogP contribution in [-0.4, -0.2) is 24.5 Å². The zero-order valence-electron chi connectivity index (χ0n) is 9.73.